The first-order valence-electron chi connectivity index (χ1n) is 15.0. The summed E-state index contributed by atoms with van der Waals surface area (Å²) in [5.41, 5.74) is -0.0354. The Bertz CT molecular complexity index is 1390. The lowest BCUT2D eigenvalue weighted by Gasteiger charge is -2.41. The second kappa shape index (κ2) is 12.6. The Morgan fingerprint density at radius 3 is 2.37 bits per heavy atom. The quantitative estimate of drug-likeness (QED) is 0.349. The molecule has 0 radical (unpaired) electrons. The number of halogens is 1. The van der Waals surface area contributed by atoms with Crippen LogP contribution in [-0.2, 0) is 19.1 Å². The summed E-state index contributed by atoms with van der Waals surface area (Å²) in [4.78, 5) is 48.5. The summed E-state index contributed by atoms with van der Waals surface area (Å²) >= 11 is 6.57. The van der Waals surface area contributed by atoms with Gasteiger partial charge >= 0.3 is 0 Å². The fraction of sp³-hybridized carbons (Fsp3) is 0.441. The second-order valence-electron chi connectivity index (χ2n) is 11.7. The van der Waals surface area contributed by atoms with Gasteiger partial charge in [-0.3, -0.25) is 14.4 Å². The molecule has 8 nitrogen and oxygen atoms in total. The van der Waals surface area contributed by atoms with Crippen molar-refractivity contribution in [1.29, 1.82) is 0 Å². The van der Waals surface area contributed by atoms with Gasteiger partial charge in [-0.05, 0) is 43.0 Å². The first-order valence-corrected chi connectivity index (χ1v) is 15.4. The molecule has 0 saturated carbocycles. The van der Waals surface area contributed by atoms with E-state index in [2.05, 4.69) is 13.2 Å². The SMILES string of the molecule is C=CCN(C(=O)[C@@H]1[C@H]2C(=O)N([C@@H](CO)[C@@H](C)CC)C(C(=O)N(CC=C)c3ccccc3Cl)C23CC[C@H]1O3)c1ccccc1. The van der Waals surface area contributed by atoms with Crippen molar-refractivity contribution in [2.75, 3.05) is 29.5 Å². The second-order valence-corrected chi connectivity index (χ2v) is 12.1. The molecule has 2 aromatic carbocycles. The molecule has 3 aliphatic rings. The number of fused-ring (bicyclic) bond motifs is 1. The zero-order valence-electron chi connectivity index (χ0n) is 24.8. The molecule has 3 amide bonds. The van der Waals surface area contributed by atoms with E-state index in [0.29, 0.717) is 35.7 Å². The van der Waals surface area contributed by atoms with Gasteiger partial charge in [-0.2, -0.15) is 0 Å². The summed E-state index contributed by atoms with van der Waals surface area (Å²) in [5.74, 6) is -2.71. The van der Waals surface area contributed by atoms with E-state index in [0.717, 1.165) is 0 Å². The van der Waals surface area contributed by atoms with Crippen molar-refractivity contribution in [1.82, 2.24) is 4.90 Å². The largest absolute Gasteiger partial charge is 0.394 e. The first-order chi connectivity index (χ1) is 20.7. The summed E-state index contributed by atoms with van der Waals surface area (Å²) in [7, 11) is 0. The highest BCUT2D eigenvalue weighted by atomic mass is 35.5. The lowest BCUT2D eigenvalue weighted by molar-refractivity contribution is -0.145. The molecule has 9 heteroatoms. The van der Waals surface area contributed by atoms with Crippen LogP contribution < -0.4 is 9.80 Å². The summed E-state index contributed by atoms with van der Waals surface area (Å²) in [5, 5.41) is 11.0. The third-order valence-electron chi connectivity index (χ3n) is 9.47. The molecule has 2 bridgehead atoms. The number of ether oxygens (including phenoxy) is 1. The van der Waals surface area contributed by atoms with Crippen LogP contribution in [0.1, 0.15) is 33.1 Å². The number of benzene rings is 2. The van der Waals surface area contributed by atoms with Gasteiger partial charge in [-0.1, -0.05) is 74.4 Å². The van der Waals surface area contributed by atoms with Gasteiger partial charge in [0.15, 0.2) is 0 Å². The molecular weight excluding hydrogens is 566 g/mol. The molecule has 0 aliphatic carbocycles. The minimum Gasteiger partial charge on any atom is -0.394 e. The average molecular weight is 606 g/mol. The lowest BCUT2D eigenvalue weighted by atomic mass is 9.70. The molecule has 228 valence electrons. The Morgan fingerprint density at radius 2 is 1.74 bits per heavy atom. The van der Waals surface area contributed by atoms with Gasteiger partial charge in [0.2, 0.25) is 11.8 Å². The van der Waals surface area contributed by atoms with E-state index in [4.69, 9.17) is 16.3 Å². The molecular formula is C34H40ClN3O5. The average Bonchev–Trinajstić information content (AvgIpc) is 3.67. The third-order valence-corrected chi connectivity index (χ3v) is 9.79. The molecule has 3 aliphatic heterocycles. The van der Waals surface area contributed by atoms with Gasteiger partial charge in [0.25, 0.3) is 5.91 Å². The van der Waals surface area contributed by atoms with E-state index in [9.17, 15) is 19.5 Å². The number of hydrogen-bond acceptors (Lipinski definition) is 5. The number of para-hydroxylation sites is 2. The fourth-order valence-electron chi connectivity index (χ4n) is 7.32. The molecule has 1 spiro atoms. The lowest BCUT2D eigenvalue weighted by Crippen LogP contribution is -2.60. The van der Waals surface area contributed by atoms with E-state index in [1.807, 2.05) is 44.2 Å². The Morgan fingerprint density at radius 1 is 1.09 bits per heavy atom. The standard InChI is InChI=1S/C34H40ClN3O5/c1-5-19-36(23-13-9-8-10-14-23)31(40)28-27-17-18-34(43-27)29(28)32(41)38(26(21-39)22(4)7-3)30(34)33(42)37(20-6-2)25-16-12-11-15-24(25)35/h5-6,8-16,22,26-30,39H,1-2,7,17-21H2,3-4H3/t22-,26-,27+,28-,29-,30?,34?/m0/s1. The number of hydrogen-bond donors (Lipinski definition) is 1. The van der Waals surface area contributed by atoms with Crippen LogP contribution >= 0.6 is 11.6 Å². The number of carbonyl (C=O) groups is 3. The van der Waals surface area contributed by atoms with Crippen LogP contribution in [0.4, 0.5) is 11.4 Å². The highest BCUT2D eigenvalue weighted by molar-refractivity contribution is 6.34. The molecule has 2 unspecified atom stereocenters. The Hall–Kier alpha value is -3.46. The van der Waals surface area contributed by atoms with Crippen molar-refractivity contribution in [3.05, 3.63) is 84.9 Å². The van der Waals surface area contributed by atoms with E-state index < -0.39 is 35.6 Å². The minimum absolute atomic E-state index is 0.111. The zero-order valence-corrected chi connectivity index (χ0v) is 25.5. The zero-order chi connectivity index (χ0) is 30.9. The van der Waals surface area contributed by atoms with Crippen molar-refractivity contribution < 1.29 is 24.2 Å². The number of rotatable bonds is 12. The number of aliphatic hydroxyl groups is 1. The van der Waals surface area contributed by atoms with E-state index >= 15 is 0 Å². The monoisotopic (exact) mass is 605 g/mol. The van der Waals surface area contributed by atoms with Gasteiger partial charge in [-0.15, -0.1) is 13.2 Å². The van der Waals surface area contributed by atoms with Crippen LogP contribution in [0.3, 0.4) is 0 Å². The topological polar surface area (TPSA) is 90.4 Å². The summed E-state index contributed by atoms with van der Waals surface area (Å²) in [6.07, 6.45) is 4.42. The molecule has 3 heterocycles. The van der Waals surface area contributed by atoms with Crippen molar-refractivity contribution in [2.24, 2.45) is 17.8 Å². The van der Waals surface area contributed by atoms with Crippen molar-refractivity contribution >= 4 is 40.7 Å². The highest BCUT2D eigenvalue weighted by Gasteiger charge is 2.75. The third kappa shape index (κ3) is 5.09. The van der Waals surface area contributed by atoms with Crippen LogP contribution in [0.25, 0.3) is 0 Å². The molecule has 0 aromatic heterocycles. The Kier molecular flexibility index (Phi) is 9.11. The maximum Gasteiger partial charge on any atom is 0.253 e. The molecule has 3 fully saturated rings. The molecule has 3 saturated heterocycles. The predicted molar refractivity (Wildman–Crippen MR) is 168 cm³/mol. The number of aliphatic hydroxyl groups excluding tert-OH is 1. The van der Waals surface area contributed by atoms with Crippen LogP contribution in [0.5, 0.6) is 0 Å². The summed E-state index contributed by atoms with van der Waals surface area (Å²) in [6, 6.07) is 14.6. The Labute approximate surface area is 258 Å². The van der Waals surface area contributed by atoms with Crippen LogP contribution in [0, 0.1) is 17.8 Å². The fourth-order valence-corrected chi connectivity index (χ4v) is 7.56. The molecule has 7 atom stereocenters. The van der Waals surface area contributed by atoms with E-state index in [1.165, 1.54) is 9.80 Å². The van der Waals surface area contributed by atoms with Crippen LogP contribution in [0.2, 0.25) is 5.02 Å². The van der Waals surface area contributed by atoms with Crippen molar-refractivity contribution in [3.63, 3.8) is 0 Å². The maximum absolute atomic E-state index is 14.8. The van der Waals surface area contributed by atoms with E-state index in [-0.39, 0.29) is 43.3 Å². The number of carbonyl (C=O) groups excluding carboxylic acids is 3. The van der Waals surface area contributed by atoms with Crippen LogP contribution in [0.15, 0.2) is 79.9 Å². The van der Waals surface area contributed by atoms with Gasteiger partial charge in [-0.25, -0.2) is 0 Å². The normalized spacial score (nSPS) is 27.0. The molecule has 1 N–H and O–H groups in total. The van der Waals surface area contributed by atoms with Gasteiger partial charge < -0.3 is 24.5 Å². The summed E-state index contributed by atoms with van der Waals surface area (Å²) < 4.78 is 6.69. The van der Waals surface area contributed by atoms with Crippen LogP contribution in [-0.4, -0.2) is 71.2 Å². The van der Waals surface area contributed by atoms with Gasteiger partial charge in [0, 0.05) is 18.8 Å². The summed E-state index contributed by atoms with van der Waals surface area (Å²) in [6.45, 7) is 11.7. The molecule has 2 aromatic rings. The Balaban J connectivity index is 1.62. The predicted octanol–water partition coefficient (Wildman–Crippen LogP) is 4.86. The van der Waals surface area contributed by atoms with Gasteiger partial charge in [0.1, 0.15) is 11.6 Å². The van der Waals surface area contributed by atoms with Crippen molar-refractivity contribution in [3.8, 4) is 0 Å². The molecule has 5 rings (SSSR count). The smallest absolute Gasteiger partial charge is 0.253 e. The highest BCUT2D eigenvalue weighted by Crippen LogP contribution is 2.60. The number of anilines is 2. The number of amides is 3. The van der Waals surface area contributed by atoms with Gasteiger partial charge in [0.05, 0.1) is 41.3 Å². The van der Waals surface area contributed by atoms with Crippen molar-refractivity contribution in [2.45, 2.75) is 56.9 Å². The number of likely N-dealkylation sites (tertiary alicyclic amines) is 1. The first kappa shape index (κ1) is 31.0. The minimum atomic E-state index is -1.22. The van der Waals surface area contributed by atoms with E-state index in [1.54, 1.807) is 41.3 Å². The molecule has 43 heavy (non-hydrogen) atoms. The maximum atomic E-state index is 14.8. The number of nitrogens with zero attached hydrogens (tertiary/aromatic N) is 3.